The molecule has 0 radical (unpaired) electrons. The third-order valence-corrected chi connectivity index (χ3v) is 8.12. The maximum Gasteiger partial charge on any atom is 0.290 e. The Morgan fingerprint density at radius 1 is 1.09 bits per heavy atom. The zero-order valence-electron chi connectivity index (χ0n) is 30.4. The van der Waals surface area contributed by atoms with Crippen LogP contribution in [-0.2, 0) is 17.6 Å². The molecule has 0 aromatic heterocycles. The summed E-state index contributed by atoms with van der Waals surface area (Å²) in [6.45, 7) is 28.9. The summed E-state index contributed by atoms with van der Waals surface area (Å²) in [5.41, 5.74) is 10.4. The van der Waals surface area contributed by atoms with Gasteiger partial charge in [-0.15, -0.1) is 19.7 Å². The van der Waals surface area contributed by atoms with Gasteiger partial charge in [0.1, 0.15) is 0 Å². The first-order valence-corrected chi connectivity index (χ1v) is 17.5. The number of hydrogen-bond donors (Lipinski definition) is 2. The summed E-state index contributed by atoms with van der Waals surface area (Å²) in [4.78, 5) is 9.47. The molecule has 3 unspecified atom stereocenters. The van der Waals surface area contributed by atoms with Crippen molar-refractivity contribution in [1.29, 1.82) is 0 Å². The van der Waals surface area contributed by atoms with Crippen LogP contribution in [0.1, 0.15) is 141 Å². The number of aryl methyl sites for hydroxylation is 2. The maximum atomic E-state index is 8.36. The van der Waals surface area contributed by atoms with Crippen LogP contribution in [0.5, 0.6) is 0 Å². The van der Waals surface area contributed by atoms with Crippen LogP contribution in [-0.4, -0.2) is 22.5 Å². The van der Waals surface area contributed by atoms with Crippen LogP contribution in [0.15, 0.2) is 73.0 Å². The molecule has 1 aliphatic carbocycles. The highest BCUT2D eigenvalue weighted by atomic mass is 32.1. The Kier molecular flexibility index (Phi) is 27.2. The van der Waals surface area contributed by atoms with Crippen molar-refractivity contribution in [3.05, 3.63) is 95.3 Å². The summed E-state index contributed by atoms with van der Waals surface area (Å²) in [6.07, 6.45) is 22.5. The standard InChI is InChI=1S/C22H32S.C13H23N.C3H6.C2H4.CH2O2/c1-5-6-7-10-19-13-17(3)22(21(15-19)14-18(4)23)20-11-8-9-16(2)12-20;1-5-6-7-13-10(2)8-9-11(3)14-12(13)4;1-3-2;1-2;2-1-3/h12-13,15,20H,5-11,14H2,1-4H3;6-7,10-11,14H,5,8-9H2,1-4H3;3H,1H2,2H3;1-2H2;1H,(H,2,3)/b;7-6+;;;. The second kappa shape index (κ2) is 27.6. The second-order valence-corrected chi connectivity index (χ2v) is 13.0. The molecule has 3 nitrogen and oxygen atoms in total. The van der Waals surface area contributed by atoms with Gasteiger partial charge in [-0.25, -0.2) is 0 Å². The van der Waals surface area contributed by atoms with E-state index < -0.39 is 0 Å². The van der Waals surface area contributed by atoms with Gasteiger partial charge in [-0.3, -0.25) is 4.79 Å². The molecule has 3 atom stereocenters. The average Bonchev–Trinajstić information content (AvgIpc) is 3.10. The number of rotatable bonds is 9. The zero-order chi connectivity index (χ0) is 34.8. The minimum absolute atomic E-state index is 0.250. The SMILES string of the molecule is C=C.C=CC.CC/C=C/C1=C(C)NC(C)CCC1C.CCCCCc1cc(C)c(C2C=C(C)CCC2)c(CC(C)=S)c1.O=CO. The molecule has 3 rings (SSSR count). The summed E-state index contributed by atoms with van der Waals surface area (Å²) >= 11 is 5.44. The van der Waals surface area contributed by atoms with Gasteiger partial charge in [0.15, 0.2) is 0 Å². The Bertz CT molecular complexity index is 1080. The van der Waals surface area contributed by atoms with Gasteiger partial charge in [0.2, 0.25) is 0 Å². The monoisotopic (exact) mass is 637 g/mol. The lowest BCUT2D eigenvalue weighted by molar-refractivity contribution is -0.122. The van der Waals surface area contributed by atoms with Gasteiger partial charge in [0, 0.05) is 24.1 Å². The number of hydrogen-bond acceptors (Lipinski definition) is 3. The molecule has 0 saturated heterocycles. The molecule has 2 N–H and O–H groups in total. The molecule has 1 aromatic carbocycles. The highest BCUT2D eigenvalue weighted by molar-refractivity contribution is 7.80. The van der Waals surface area contributed by atoms with E-state index in [4.69, 9.17) is 22.1 Å². The van der Waals surface area contributed by atoms with Gasteiger partial charge in [-0.2, -0.15) is 0 Å². The lowest BCUT2D eigenvalue weighted by Crippen LogP contribution is -2.22. The van der Waals surface area contributed by atoms with Crippen LogP contribution in [0.3, 0.4) is 0 Å². The molecule has 0 amide bonds. The maximum absolute atomic E-state index is 8.36. The molecule has 0 fully saturated rings. The van der Waals surface area contributed by atoms with Crippen molar-refractivity contribution in [3.8, 4) is 0 Å². The van der Waals surface area contributed by atoms with E-state index in [2.05, 4.69) is 111 Å². The number of thiocarbonyl (C=S) groups is 1. The number of nitrogens with one attached hydrogen (secondary N) is 1. The Morgan fingerprint density at radius 3 is 2.24 bits per heavy atom. The molecule has 45 heavy (non-hydrogen) atoms. The number of allylic oxidation sites excluding steroid dienone is 7. The number of carbonyl (C=O) groups is 1. The van der Waals surface area contributed by atoms with Crippen molar-refractivity contribution in [2.45, 2.75) is 145 Å². The van der Waals surface area contributed by atoms with E-state index in [0.717, 1.165) is 17.7 Å². The summed E-state index contributed by atoms with van der Waals surface area (Å²) in [5, 5.41) is 10.4. The molecular formula is C41H67NO2S. The Balaban J connectivity index is 0. The first kappa shape index (κ1) is 44.4. The van der Waals surface area contributed by atoms with E-state index in [1.807, 2.05) is 6.92 Å². The molecule has 0 saturated carbocycles. The minimum atomic E-state index is -0.250. The van der Waals surface area contributed by atoms with Crippen molar-refractivity contribution in [3.63, 3.8) is 0 Å². The highest BCUT2D eigenvalue weighted by Gasteiger charge is 2.20. The molecule has 0 bridgehead atoms. The van der Waals surface area contributed by atoms with Crippen LogP contribution in [0.25, 0.3) is 0 Å². The van der Waals surface area contributed by atoms with E-state index in [0.29, 0.717) is 17.9 Å². The minimum Gasteiger partial charge on any atom is -0.483 e. The van der Waals surface area contributed by atoms with Gasteiger partial charge in [0.25, 0.3) is 6.47 Å². The lowest BCUT2D eigenvalue weighted by Gasteiger charge is -2.25. The van der Waals surface area contributed by atoms with Crippen LogP contribution in [0.2, 0.25) is 0 Å². The predicted octanol–water partition coefficient (Wildman–Crippen LogP) is 12.2. The molecule has 1 aliphatic heterocycles. The highest BCUT2D eigenvalue weighted by Crippen LogP contribution is 2.36. The van der Waals surface area contributed by atoms with E-state index in [-0.39, 0.29) is 6.47 Å². The molecule has 0 spiro atoms. The topological polar surface area (TPSA) is 49.3 Å². The summed E-state index contributed by atoms with van der Waals surface area (Å²) in [6, 6.07) is 5.52. The molecule has 1 heterocycles. The molecular weight excluding hydrogens is 571 g/mol. The summed E-state index contributed by atoms with van der Waals surface area (Å²) in [7, 11) is 0. The fraction of sp³-hybridized carbons (Fsp3) is 0.561. The van der Waals surface area contributed by atoms with Crippen LogP contribution < -0.4 is 5.32 Å². The van der Waals surface area contributed by atoms with Crippen molar-refractivity contribution in [2.24, 2.45) is 5.92 Å². The molecule has 2 aliphatic rings. The van der Waals surface area contributed by atoms with E-state index >= 15 is 0 Å². The number of unbranched alkanes of at least 4 members (excludes halogenated alkanes) is 2. The van der Waals surface area contributed by atoms with Crippen molar-refractivity contribution in [1.82, 2.24) is 5.32 Å². The van der Waals surface area contributed by atoms with Crippen molar-refractivity contribution in [2.75, 3.05) is 0 Å². The molecule has 1 aromatic rings. The first-order valence-electron chi connectivity index (χ1n) is 17.1. The van der Waals surface area contributed by atoms with E-state index in [1.165, 1.54) is 85.7 Å². The van der Waals surface area contributed by atoms with Gasteiger partial charge in [-0.05, 0) is 132 Å². The van der Waals surface area contributed by atoms with E-state index in [9.17, 15) is 0 Å². The van der Waals surface area contributed by atoms with Crippen LogP contribution in [0, 0.1) is 12.8 Å². The lowest BCUT2D eigenvalue weighted by atomic mass is 9.80. The fourth-order valence-corrected chi connectivity index (χ4v) is 6.20. The smallest absolute Gasteiger partial charge is 0.290 e. The first-order chi connectivity index (χ1) is 21.5. The third kappa shape index (κ3) is 19.4. The van der Waals surface area contributed by atoms with E-state index in [1.54, 1.807) is 17.2 Å². The zero-order valence-corrected chi connectivity index (χ0v) is 31.3. The predicted molar refractivity (Wildman–Crippen MR) is 206 cm³/mol. The summed E-state index contributed by atoms with van der Waals surface area (Å²) in [5.74, 6) is 1.30. The van der Waals surface area contributed by atoms with Gasteiger partial charge in [0.05, 0.1) is 0 Å². The summed E-state index contributed by atoms with van der Waals surface area (Å²) < 4.78 is 0. The Labute approximate surface area is 284 Å². The number of benzene rings is 1. The van der Waals surface area contributed by atoms with Crippen LogP contribution >= 0.6 is 12.2 Å². The van der Waals surface area contributed by atoms with Gasteiger partial charge in [-0.1, -0.05) is 87.8 Å². The molecule has 254 valence electrons. The van der Waals surface area contributed by atoms with Gasteiger partial charge >= 0.3 is 0 Å². The average molecular weight is 638 g/mol. The van der Waals surface area contributed by atoms with Crippen LogP contribution in [0.4, 0.5) is 0 Å². The second-order valence-electron chi connectivity index (χ2n) is 12.3. The van der Waals surface area contributed by atoms with Crippen molar-refractivity contribution < 1.29 is 9.90 Å². The largest absolute Gasteiger partial charge is 0.483 e. The quantitative estimate of drug-likeness (QED) is 0.122. The Hall–Kier alpha value is -2.72. The number of carboxylic acid groups (broad SMARTS) is 1. The fourth-order valence-electron chi connectivity index (χ4n) is 6.04. The van der Waals surface area contributed by atoms with Gasteiger partial charge < -0.3 is 10.4 Å². The Morgan fingerprint density at radius 2 is 1.71 bits per heavy atom. The molecule has 4 heteroatoms. The normalized spacial score (nSPS) is 18.9. The third-order valence-electron chi connectivity index (χ3n) is 7.98. The van der Waals surface area contributed by atoms with Crippen molar-refractivity contribution >= 4 is 23.6 Å².